The van der Waals surface area contributed by atoms with Gasteiger partial charge in [-0.3, -0.25) is 9.48 Å². The zero-order chi connectivity index (χ0) is 17.0. The average Bonchev–Trinajstić information content (AvgIpc) is 2.91. The second kappa shape index (κ2) is 7.01. The van der Waals surface area contributed by atoms with E-state index in [1.807, 2.05) is 0 Å². The van der Waals surface area contributed by atoms with Crippen LogP contribution in [0.15, 0.2) is 30.6 Å². The molecular formula is C14H13ClF3N3O2. The second-order valence-corrected chi connectivity index (χ2v) is 5.10. The zero-order valence-electron chi connectivity index (χ0n) is 12.0. The van der Waals surface area contributed by atoms with Crippen LogP contribution in [0.3, 0.4) is 0 Å². The molecule has 2 rings (SSSR count). The smallest absolute Gasteiger partial charge is 0.383 e. The minimum Gasteiger partial charge on any atom is -0.383 e. The average molecular weight is 348 g/mol. The van der Waals surface area contributed by atoms with Crippen LogP contribution in [0.2, 0.25) is 5.02 Å². The van der Waals surface area contributed by atoms with Gasteiger partial charge < -0.3 is 10.1 Å². The first-order valence-electron chi connectivity index (χ1n) is 6.50. The molecule has 1 aromatic carbocycles. The van der Waals surface area contributed by atoms with E-state index < -0.39 is 17.6 Å². The molecule has 9 heteroatoms. The summed E-state index contributed by atoms with van der Waals surface area (Å²) in [5.74, 6) is -0.704. The highest BCUT2D eigenvalue weighted by Gasteiger charge is 2.31. The molecule has 0 bridgehead atoms. The number of halogens is 4. The van der Waals surface area contributed by atoms with Crippen LogP contribution in [0, 0.1) is 0 Å². The SMILES string of the molecule is COCCn1cc(NC(=O)c2cc(Cl)cc(C(F)(F)F)c2)cn1. The summed E-state index contributed by atoms with van der Waals surface area (Å²) in [7, 11) is 1.55. The Kier molecular flexibility index (Phi) is 5.27. The standard InChI is InChI=1S/C14H13ClF3N3O2/c1-23-3-2-21-8-12(7-19-21)20-13(22)9-4-10(14(16,17)18)6-11(15)5-9/h4-8H,2-3H2,1H3,(H,20,22). The van der Waals surface area contributed by atoms with Gasteiger partial charge in [-0.15, -0.1) is 0 Å². The number of methoxy groups -OCH3 is 1. The maximum atomic E-state index is 12.7. The molecule has 0 aliphatic heterocycles. The number of nitrogens with zero attached hydrogens (tertiary/aromatic N) is 2. The van der Waals surface area contributed by atoms with E-state index in [4.69, 9.17) is 16.3 Å². The van der Waals surface area contributed by atoms with Gasteiger partial charge in [0, 0.05) is 23.9 Å². The number of hydrogen-bond donors (Lipinski definition) is 1. The summed E-state index contributed by atoms with van der Waals surface area (Å²) in [6.07, 6.45) is -1.64. The molecule has 23 heavy (non-hydrogen) atoms. The summed E-state index contributed by atoms with van der Waals surface area (Å²) in [6.45, 7) is 0.931. The van der Waals surface area contributed by atoms with Gasteiger partial charge in [0.2, 0.25) is 0 Å². The van der Waals surface area contributed by atoms with E-state index in [1.54, 1.807) is 13.3 Å². The number of carbonyl (C=O) groups excluding carboxylic acids is 1. The lowest BCUT2D eigenvalue weighted by Crippen LogP contribution is -2.14. The van der Waals surface area contributed by atoms with Gasteiger partial charge in [0.15, 0.2) is 0 Å². The van der Waals surface area contributed by atoms with Crippen LogP contribution in [0.5, 0.6) is 0 Å². The number of ether oxygens (including phenoxy) is 1. The number of hydrogen-bond acceptors (Lipinski definition) is 3. The number of anilines is 1. The van der Waals surface area contributed by atoms with Crippen molar-refractivity contribution in [2.45, 2.75) is 12.7 Å². The second-order valence-electron chi connectivity index (χ2n) is 4.67. The minimum atomic E-state index is -4.58. The van der Waals surface area contributed by atoms with E-state index in [-0.39, 0.29) is 10.6 Å². The van der Waals surface area contributed by atoms with Crippen molar-refractivity contribution in [1.29, 1.82) is 0 Å². The summed E-state index contributed by atoms with van der Waals surface area (Å²) >= 11 is 5.65. The molecule has 1 N–H and O–H groups in total. The van der Waals surface area contributed by atoms with Gasteiger partial charge in [0.1, 0.15) is 0 Å². The highest BCUT2D eigenvalue weighted by Crippen LogP contribution is 2.32. The van der Waals surface area contributed by atoms with Crippen molar-refractivity contribution in [3.05, 3.63) is 46.7 Å². The Labute approximate surface area is 135 Å². The van der Waals surface area contributed by atoms with Crippen LogP contribution < -0.4 is 5.32 Å². The molecule has 1 aromatic heterocycles. The molecule has 0 fully saturated rings. The molecule has 5 nitrogen and oxygen atoms in total. The number of benzene rings is 1. The summed E-state index contributed by atoms with van der Waals surface area (Å²) in [5.41, 5.74) is -0.806. The van der Waals surface area contributed by atoms with Gasteiger partial charge in [0.05, 0.1) is 30.6 Å². The van der Waals surface area contributed by atoms with Crippen LogP contribution in [0.1, 0.15) is 15.9 Å². The molecule has 1 amide bonds. The quantitative estimate of drug-likeness (QED) is 0.901. The van der Waals surface area contributed by atoms with Crippen molar-refractivity contribution < 1.29 is 22.7 Å². The van der Waals surface area contributed by atoms with Gasteiger partial charge >= 0.3 is 6.18 Å². The van der Waals surface area contributed by atoms with Crippen molar-refractivity contribution >= 4 is 23.2 Å². The molecule has 0 spiro atoms. The number of amides is 1. The van der Waals surface area contributed by atoms with Gasteiger partial charge in [-0.1, -0.05) is 11.6 Å². The number of rotatable bonds is 5. The first-order chi connectivity index (χ1) is 10.8. The monoisotopic (exact) mass is 347 g/mol. The molecule has 1 heterocycles. The van der Waals surface area contributed by atoms with Gasteiger partial charge in [-0.25, -0.2) is 0 Å². The molecule has 0 atom stereocenters. The Hall–Kier alpha value is -2.06. The number of nitrogens with one attached hydrogen (secondary N) is 1. The topological polar surface area (TPSA) is 56.1 Å². The van der Waals surface area contributed by atoms with Crippen LogP contribution in [0.25, 0.3) is 0 Å². The number of alkyl halides is 3. The molecule has 0 aliphatic rings. The number of aromatic nitrogens is 2. The normalized spacial score (nSPS) is 11.5. The van der Waals surface area contributed by atoms with Gasteiger partial charge in [-0.05, 0) is 18.2 Å². The Morgan fingerprint density at radius 2 is 2.13 bits per heavy atom. The summed E-state index contributed by atoms with van der Waals surface area (Å²) in [5, 5.41) is 6.30. The highest BCUT2D eigenvalue weighted by molar-refractivity contribution is 6.31. The molecular weight excluding hydrogens is 335 g/mol. The maximum Gasteiger partial charge on any atom is 0.416 e. The molecule has 0 saturated heterocycles. The predicted octanol–water partition coefficient (Wildman–Crippen LogP) is 3.45. The van der Waals surface area contributed by atoms with Crippen LogP contribution in [0.4, 0.5) is 18.9 Å². The lowest BCUT2D eigenvalue weighted by Gasteiger charge is -2.09. The minimum absolute atomic E-state index is 0.166. The molecule has 0 aliphatic carbocycles. The Morgan fingerprint density at radius 1 is 1.39 bits per heavy atom. The Balaban J connectivity index is 2.14. The first-order valence-corrected chi connectivity index (χ1v) is 6.88. The lowest BCUT2D eigenvalue weighted by molar-refractivity contribution is -0.137. The third-order valence-corrected chi connectivity index (χ3v) is 3.12. The predicted molar refractivity (Wildman–Crippen MR) is 78.5 cm³/mol. The fourth-order valence-electron chi connectivity index (χ4n) is 1.82. The van der Waals surface area contributed by atoms with E-state index in [0.29, 0.717) is 18.8 Å². The van der Waals surface area contributed by atoms with Crippen molar-refractivity contribution in [2.24, 2.45) is 0 Å². The van der Waals surface area contributed by atoms with E-state index in [2.05, 4.69) is 10.4 Å². The fraction of sp³-hybridized carbons (Fsp3) is 0.286. The molecule has 2 aromatic rings. The van der Waals surface area contributed by atoms with Crippen LogP contribution >= 0.6 is 11.6 Å². The van der Waals surface area contributed by atoms with Crippen molar-refractivity contribution in [2.75, 3.05) is 19.0 Å². The summed E-state index contributed by atoms with van der Waals surface area (Å²) in [4.78, 5) is 12.1. The van der Waals surface area contributed by atoms with E-state index >= 15 is 0 Å². The number of carbonyl (C=O) groups is 1. The van der Waals surface area contributed by atoms with Crippen molar-refractivity contribution in [3.63, 3.8) is 0 Å². The maximum absolute atomic E-state index is 12.7. The molecule has 0 radical (unpaired) electrons. The van der Waals surface area contributed by atoms with Gasteiger partial charge in [0.25, 0.3) is 5.91 Å². The van der Waals surface area contributed by atoms with Crippen molar-refractivity contribution in [3.8, 4) is 0 Å². The highest BCUT2D eigenvalue weighted by atomic mass is 35.5. The van der Waals surface area contributed by atoms with E-state index in [1.165, 1.54) is 16.9 Å². The third kappa shape index (κ3) is 4.70. The zero-order valence-corrected chi connectivity index (χ0v) is 12.8. The third-order valence-electron chi connectivity index (χ3n) is 2.90. The lowest BCUT2D eigenvalue weighted by atomic mass is 10.1. The fourth-order valence-corrected chi connectivity index (χ4v) is 2.06. The molecule has 0 saturated carbocycles. The first kappa shape index (κ1) is 17.3. The summed E-state index contributed by atoms with van der Waals surface area (Å²) < 4.78 is 44.7. The molecule has 124 valence electrons. The van der Waals surface area contributed by atoms with Gasteiger partial charge in [-0.2, -0.15) is 18.3 Å². The Bertz CT molecular complexity index is 701. The van der Waals surface area contributed by atoms with Crippen molar-refractivity contribution in [1.82, 2.24) is 9.78 Å². The Morgan fingerprint density at radius 3 is 2.78 bits per heavy atom. The van der Waals surface area contributed by atoms with E-state index in [0.717, 1.165) is 12.1 Å². The molecule has 0 unspecified atom stereocenters. The summed E-state index contributed by atoms with van der Waals surface area (Å²) in [6, 6.07) is 2.68. The van der Waals surface area contributed by atoms with E-state index in [9.17, 15) is 18.0 Å². The van der Waals surface area contributed by atoms with Crippen LogP contribution in [-0.2, 0) is 17.5 Å². The van der Waals surface area contributed by atoms with Crippen LogP contribution in [-0.4, -0.2) is 29.4 Å². The largest absolute Gasteiger partial charge is 0.416 e.